The van der Waals surface area contributed by atoms with E-state index in [9.17, 15) is 4.79 Å². The average molecular weight is 347 g/mol. The van der Waals surface area contributed by atoms with Gasteiger partial charge in [-0.05, 0) is 43.7 Å². The normalized spacial score (nSPS) is 11.0. The van der Waals surface area contributed by atoms with E-state index in [0.29, 0.717) is 6.61 Å². The Morgan fingerprint density at radius 2 is 1.92 bits per heavy atom. The van der Waals surface area contributed by atoms with Gasteiger partial charge in [0, 0.05) is 22.6 Å². The summed E-state index contributed by atoms with van der Waals surface area (Å²) in [5.41, 5.74) is 4.65. The largest absolute Gasteiger partial charge is 0.497 e. The number of nitrogens with zero attached hydrogens (tertiary/aromatic N) is 1. The molecule has 26 heavy (non-hydrogen) atoms. The van der Waals surface area contributed by atoms with Crippen LogP contribution in [0.5, 0.6) is 5.75 Å². The third-order valence-corrected chi connectivity index (χ3v) is 4.22. The standard InChI is InChI=1S/C22H21NO3/c1-4-26-21(24)13-11-18-15(2)19-14-17(25-3)10-12-20(19)23-22(18)16-8-6-5-7-9-16/h5-14H,4H2,1-3H3/b13-11+. The Morgan fingerprint density at radius 3 is 2.62 bits per heavy atom. The maximum Gasteiger partial charge on any atom is 0.330 e. The first-order valence-corrected chi connectivity index (χ1v) is 8.52. The van der Waals surface area contributed by atoms with Crippen LogP contribution in [0.25, 0.3) is 28.2 Å². The van der Waals surface area contributed by atoms with E-state index in [0.717, 1.165) is 39.0 Å². The van der Waals surface area contributed by atoms with Crippen molar-refractivity contribution in [2.75, 3.05) is 13.7 Å². The molecule has 0 spiro atoms. The van der Waals surface area contributed by atoms with E-state index in [2.05, 4.69) is 0 Å². The predicted molar refractivity (Wildman–Crippen MR) is 104 cm³/mol. The molecule has 0 aliphatic carbocycles. The molecule has 4 heteroatoms. The maximum absolute atomic E-state index is 11.8. The summed E-state index contributed by atoms with van der Waals surface area (Å²) >= 11 is 0. The molecule has 0 atom stereocenters. The summed E-state index contributed by atoms with van der Waals surface area (Å²) < 4.78 is 10.3. The first kappa shape index (κ1) is 17.7. The summed E-state index contributed by atoms with van der Waals surface area (Å²) in [6, 6.07) is 15.8. The van der Waals surface area contributed by atoms with Crippen LogP contribution in [-0.4, -0.2) is 24.7 Å². The van der Waals surface area contributed by atoms with Gasteiger partial charge in [-0.2, -0.15) is 0 Å². The molecule has 0 fully saturated rings. The molecule has 3 aromatic rings. The van der Waals surface area contributed by atoms with Gasteiger partial charge in [0.1, 0.15) is 5.75 Å². The molecule has 0 unspecified atom stereocenters. The Hall–Kier alpha value is -3.14. The van der Waals surface area contributed by atoms with E-state index in [4.69, 9.17) is 14.5 Å². The van der Waals surface area contributed by atoms with Crippen LogP contribution < -0.4 is 4.74 Å². The van der Waals surface area contributed by atoms with E-state index < -0.39 is 0 Å². The van der Waals surface area contributed by atoms with E-state index in [1.165, 1.54) is 6.08 Å². The minimum absolute atomic E-state index is 0.348. The third kappa shape index (κ3) is 3.59. The van der Waals surface area contributed by atoms with Crippen molar-refractivity contribution in [1.82, 2.24) is 4.98 Å². The van der Waals surface area contributed by atoms with Crippen molar-refractivity contribution in [3.05, 3.63) is 65.7 Å². The molecule has 0 amide bonds. The second-order valence-corrected chi connectivity index (χ2v) is 5.83. The van der Waals surface area contributed by atoms with Crippen molar-refractivity contribution in [3.8, 4) is 17.0 Å². The number of hydrogen-bond donors (Lipinski definition) is 0. The van der Waals surface area contributed by atoms with E-state index in [-0.39, 0.29) is 5.97 Å². The highest BCUT2D eigenvalue weighted by molar-refractivity contribution is 5.94. The Labute approximate surface area is 153 Å². The van der Waals surface area contributed by atoms with Gasteiger partial charge < -0.3 is 9.47 Å². The second-order valence-electron chi connectivity index (χ2n) is 5.83. The van der Waals surface area contributed by atoms with Gasteiger partial charge in [-0.3, -0.25) is 0 Å². The summed E-state index contributed by atoms with van der Waals surface area (Å²) in [4.78, 5) is 16.6. The number of hydrogen-bond acceptors (Lipinski definition) is 4. The zero-order chi connectivity index (χ0) is 18.5. The molecule has 4 nitrogen and oxygen atoms in total. The molecule has 1 heterocycles. The molecule has 0 aliphatic rings. The first-order valence-electron chi connectivity index (χ1n) is 8.52. The quantitative estimate of drug-likeness (QED) is 0.491. The highest BCUT2D eigenvalue weighted by Crippen LogP contribution is 2.32. The van der Waals surface area contributed by atoms with Crippen molar-refractivity contribution in [1.29, 1.82) is 0 Å². The highest BCUT2D eigenvalue weighted by Gasteiger charge is 2.13. The first-order chi connectivity index (χ1) is 12.6. The van der Waals surface area contributed by atoms with Crippen LogP contribution in [0.3, 0.4) is 0 Å². The molecule has 1 aromatic heterocycles. The molecule has 2 aromatic carbocycles. The van der Waals surface area contributed by atoms with Gasteiger partial charge >= 0.3 is 5.97 Å². The van der Waals surface area contributed by atoms with Crippen LogP contribution in [0.4, 0.5) is 0 Å². The number of carbonyl (C=O) groups excluding carboxylic acids is 1. The molecule has 3 rings (SSSR count). The van der Waals surface area contributed by atoms with Crippen LogP contribution in [-0.2, 0) is 9.53 Å². The number of aromatic nitrogens is 1. The molecular formula is C22H21NO3. The molecule has 0 N–H and O–H groups in total. The maximum atomic E-state index is 11.8. The lowest BCUT2D eigenvalue weighted by molar-refractivity contribution is -0.137. The fourth-order valence-corrected chi connectivity index (χ4v) is 2.91. The fourth-order valence-electron chi connectivity index (χ4n) is 2.91. The summed E-state index contributed by atoms with van der Waals surface area (Å²) in [5, 5.41) is 0.993. The minimum Gasteiger partial charge on any atom is -0.497 e. The van der Waals surface area contributed by atoms with Crippen LogP contribution in [0.1, 0.15) is 18.1 Å². The SMILES string of the molecule is CCOC(=O)/C=C/c1c(-c2ccccc2)nc2ccc(OC)cc2c1C. The van der Waals surface area contributed by atoms with Gasteiger partial charge in [-0.25, -0.2) is 9.78 Å². The van der Waals surface area contributed by atoms with Crippen LogP contribution in [0.15, 0.2) is 54.6 Å². The molecular weight excluding hydrogens is 326 g/mol. The number of carbonyl (C=O) groups is 1. The van der Waals surface area contributed by atoms with Gasteiger partial charge in [0.2, 0.25) is 0 Å². The number of pyridine rings is 1. The smallest absolute Gasteiger partial charge is 0.330 e. The summed E-state index contributed by atoms with van der Waals surface area (Å²) in [7, 11) is 1.64. The Kier molecular flexibility index (Phi) is 5.32. The Morgan fingerprint density at radius 1 is 1.15 bits per heavy atom. The number of methoxy groups -OCH3 is 1. The number of esters is 1. The number of aryl methyl sites for hydroxylation is 1. The monoisotopic (exact) mass is 347 g/mol. The van der Waals surface area contributed by atoms with E-state index >= 15 is 0 Å². The highest BCUT2D eigenvalue weighted by atomic mass is 16.5. The van der Waals surface area contributed by atoms with Crippen molar-refractivity contribution >= 4 is 22.9 Å². The second kappa shape index (κ2) is 7.83. The summed E-state index contributed by atoms with van der Waals surface area (Å²) in [5.74, 6) is 0.409. The van der Waals surface area contributed by atoms with E-state index in [1.54, 1.807) is 20.1 Å². The molecule has 0 radical (unpaired) electrons. The molecule has 0 bridgehead atoms. The minimum atomic E-state index is -0.364. The van der Waals surface area contributed by atoms with Crippen molar-refractivity contribution < 1.29 is 14.3 Å². The number of ether oxygens (including phenoxy) is 2. The Bertz CT molecular complexity index is 962. The number of rotatable bonds is 5. The number of benzene rings is 2. The van der Waals surface area contributed by atoms with Gasteiger partial charge in [-0.15, -0.1) is 0 Å². The van der Waals surface area contributed by atoms with Gasteiger partial charge in [-0.1, -0.05) is 30.3 Å². The lowest BCUT2D eigenvalue weighted by Gasteiger charge is -2.13. The van der Waals surface area contributed by atoms with Crippen molar-refractivity contribution in [3.63, 3.8) is 0 Å². The predicted octanol–water partition coefficient (Wildman–Crippen LogP) is 4.80. The van der Waals surface area contributed by atoms with Crippen LogP contribution in [0, 0.1) is 6.92 Å². The van der Waals surface area contributed by atoms with Gasteiger partial charge in [0.05, 0.1) is 24.9 Å². The number of fused-ring (bicyclic) bond motifs is 1. The van der Waals surface area contributed by atoms with Crippen LogP contribution in [0.2, 0.25) is 0 Å². The van der Waals surface area contributed by atoms with Gasteiger partial charge in [0.25, 0.3) is 0 Å². The van der Waals surface area contributed by atoms with Crippen LogP contribution >= 0.6 is 0 Å². The topological polar surface area (TPSA) is 48.4 Å². The average Bonchev–Trinajstić information content (AvgIpc) is 2.67. The fraction of sp³-hybridized carbons (Fsp3) is 0.182. The molecule has 132 valence electrons. The van der Waals surface area contributed by atoms with Crippen molar-refractivity contribution in [2.45, 2.75) is 13.8 Å². The Balaban J connectivity index is 2.23. The lowest BCUT2D eigenvalue weighted by atomic mass is 9.97. The summed E-state index contributed by atoms with van der Waals surface area (Å²) in [6.07, 6.45) is 3.23. The lowest BCUT2D eigenvalue weighted by Crippen LogP contribution is -2.00. The van der Waals surface area contributed by atoms with E-state index in [1.807, 2.05) is 55.5 Å². The molecule has 0 saturated heterocycles. The molecule has 0 saturated carbocycles. The van der Waals surface area contributed by atoms with Crippen molar-refractivity contribution in [2.24, 2.45) is 0 Å². The molecule has 0 aliphatic heterocycles. The van der Waals surface area contributed by atoms with Gasteiger partial charge in [0.15, 0.2) is 0 Å². The zero-order valence-electron chi connectivity index (χ0n) is 15.2. The third-order valence-electron chi connectivity index (χ3n) is 4.22. The zero-order valence-corrected chi connectivity index (χ0v) is 15.2. The summed E-state index contributed by atoms with van der Waals surface area (Å²) in [6.45, 7) is 4.16.